The van der Waals surface area contributed by atoms with Gasteiger partial charge in [0.2, 0.25) is 5.88 Å². The van der Waals surface area contributed by atoms with Crippen molar-refractivity contribution in [1.29, 1.82) is 0 Å². The molecular weight excluding hydrogens is 345 g/mol. The monoisotopic (exact) mass is 372 g/mol. The quantitative estimate of drug-likeness (QED) is 0.868. The normalized spacial score (nSPS) is 15.3. The van der Waals surface area contributed by atoms with Gasteiger partial charge in [-0.05, 0) is 52.3 Å². The molecule has 1 unspecified atom stereocenters. The first-order valence-electron chi connectivity index (χ1n) is 8.24. The number of ether oxygens (including phenoxy) is 1. The topological polar surface area (TPSA) is 63.7 Å². The van der Waals surface area contributed by atoms with E-state index in [1.807, 2.05) is 44.9 Å². The molecule has 0 amide bonds. The number of hydrogen-bond donors (Lipinski definition) is 1. The van der Waals surface area contributed by atoms with Crippen molar-refractivity contribution in [3.8, 4) is 5.88 Å². The Bertz CT molecular complexity index is 630. The summed E-state index contributed by atoms with van der Waals surface area (Å²) in [6.07, 6.45) is 2.65. The minimum absolute atomic E-state index is 0. The third-order valence-electron chi connectivity index (χ3n) is 3.12. The second kappa shape index (κ2) is 9.02. The molecular formula is C18H27F3N4O. The molecule has 0 spiro atoms. The molecule has 1 aromatic heterocycles. The lowest BCUT2D eigenvalue weighted by atomic mass is 10.1. The third kappa shape index (κ3) is 8.84. The first-order valence-corrected chi connectivity index (χ1v) is 8.24. The van der Waals surface area contributed by atoms with Crippen molar-refractivity contribution < 1.29 is 17.9 Å². The highest BCUT2D eigenvalue weighted by Gasteiger charge is 2.29. The number of nitrogens with zero attached hydrogens (tertiary/aromatic N) is 3. The molecule has 5 nitrogen and oxygen atoms in total. The molecule has 1 aromatic rings. The highest BCUT2D eigenvalue weighted by Crippen LogP contribution is 2.26. The summed E-state index contributed by atoms with van der Waals surface area (Å²) in [6.45, 7) is 8.77. The first-order chi connectivity index (χ1) is 11.9. The number of hydrogen-bond acceptors (Lipinski definition) is 5. The number of allylic oxidation sites excluding steroid dienone is 1. The zero-order chi connectivity index (χ0) is 20.0. The van der Waals surface area contributed by atoms with Crippen molar-refractivity contribution in [2.45, 2.75) is 52.4 Å². The van der Waals surface area contributed by atoms with Crippen LogP contribution in [0.15, 0.2) is 29.5 Å². The van der Waals surface area contributed by atoms with Crippen LogP contribution in [-0.4, -0.2) is 41.1 Å². The lowest BCUT2D eigenvalue weighted by molar-refractivity contribution is -0.154. The summed E-state index contributed by atoms with van der Waals surface area (Å²) < 4.78 is 41.1. The highest BCUT2D eigenvalue weighted by molar-refractivity contribution is 5.71. The molecule has 1 aliphatic rings. The summed E-state index contributed by atoms with van der Waals surface area (Å²) in [5.41, 5.74) is 6.83. The van der Waals surface area contributed by atoms with Crippen LogP contribution in [0.4, 0.5) is 13.2 Å². The molecule has 26 heavy (non-hydrogen) atoms. The number of aryl methyl sites for hydroxylation is 1. The molecule has 1 aliphatic heterocycles. The largest absolute Gasteiger partial charge is 0.468 e. The van der Waals surface area contributed by atoms with Gasteiger partial charge in [-0.25, -0.2) is 4.98 Å². The Kier molecular flexibility index (Phi) is 7.62. The molecule has 0 radical (unpaired) electrons. The number of aromatic nitrogens is 1. The van der Waals surface area contributed by atoms with Gasteiger partial charge in [-0.2, -0.15) is 13.2 Å². The zero-order valence-electron chi connectivity index (χ0n) is 15.8. The van der Waals surface area contributed by atoms with Crippen LogP contribution in [0.2, 0.25) is 0 Å². The standard InChI is InChI=1S/C14H16F3N3O.C4H11N/c1-10-6-12(11(2)20-5-3-4-18-9-20)7-19-13(10)21-8-14(15,16)17;1-4(2,3)5/h3-7,11H,8-9H2,1-2H3;5H2,1-3H3. The maximum Gasteiger partial charge on any atom is 0.422 e. The summed E-state index contributed by atoms with van der Waals surface area (Å²) in [6, 6.07) is 1.82. The fourth-order valence-electron chi connectivity index (χ4n) is 1.96. The lowest BCUT2D eigenvalue weighted by Crippen LogP contribution is -2.26. The van der Waals surface area contributed by atoms with Crippen LogP contribution >= 0.6 is 0 Å². The Morgan fingerprint density at radius 3 is 2.38 bits per heavy atom. The predicted octanol–water partition coefficient (Wildman–Crippen LogP) is 3.99. The second-order valence-electron chi connectivity index (χ2n) is 7.17. The number of alkyl halides is 3. The molecule has 0 aliphatic carbocycles. The van der Waals surface area contributed by atoms with Crippen LogP contribution in [0, 0.1) is 6.92 Å². The van der Waals surface area contributed by atoms with Crippen LogP contribution in [0.1, 0.15) is 44.9 Å². The Labute approximate surface area is 152 Å². The van der Waals surface area contributed by atoms with E-state index in [0.717, 1.165) is 5.56 Å². The van der Waals surface area contributed by atoms with E-state index >= 15 is 0 Å². The van der Waals surface area contributed by atoms with Gasteiger partial charge in [0, 0.05) is 29.7 Å². The summed E-state index contributed by atoms with van der Waals surface area (Å²) in [4.78, 5) is 10.1. The Balaban J connectivity index is 0.000000597. The zero-order valence-corrected chi connectivity index (χ0v) is 15.8. The van der Waals surface area contributed by atoms with Crippen molar-refractivity contribution in [3.05, 3.63) is 35.7 Å². The molecule has 1 atom stereocenters. The van der Waals surface area contributed by atoms with Crippen molar-refractivity contribution >= 4 is 6.21 Å². The minimum atomic E-state index is -4.36. The molecule has 0 saturated heterocycles. The smallest absolute Gasteiger partial charge is 0.422 e. The first kappa shape index (κ1) is 22.0. The summed E-state index contributed by atoms with van der Waals surface area (Å²) >= 11 is 0. The van der Waals surface area contributed by atoms with E-state index in [-0.39, 0.29) is 17.5 Å². The Morgan fingerprint density at radius 1 is 1.31 bits per heavy atom. The van der Waals surface area contributed by atoms with E-state index in [4.69, 9.17) is 10.5 Å². The van der Waals surface area contributed by atoms with E-state index in [9.17, 15) is 13.2 Å². The summed E-state index contributed by atoms with van der Waals surface area (Å²) in [5.74, 6) is 0.00971. The van der Waals surface area contributed by atoms with Crippen LogP contribution in [0.3, 0.4) is 0 Å². The van der Waals surface area contributed by atoms with Crippen molar-refractivity contribution in [2.75, 3.05) is 13.3 Å². The van der Waals surface area contributed by atoms with Crippen LogP contribution in [-0.2, 0) is 0 Å². The van der Waals surface area contributed by atoms with Crippen LogP contribution in [0.5, 0.6) is 5.88 Å². The summed E-state index contributed by atoms with van der Waals surface area (Å²) in [7, 11) is 0. The molecule has 146 valence electrons. The van der Waals surface area contributed by atoms with Gasteiger partial charge in [0.05, 0.1) is 6.04 Å². The molecule has 2 rings (SSSR count). The lowest BCUT2D eigenvalue weighted by Gasteiger charge is -2.27. The highest BCUT2D eigenvalue weighted by atomic mass is 19.4. The van der Waals surface area contributed by atoms with Gasteiger partial charge >= 0.3 is 6.18 Å². The third-order valence-corrected chi connectivity index (χ3v) is 3.12. The van der Waals surface area contributed by atoms with Crippen LogP contribution < -0.4 is 10.5 Å². The molecule has 0 aromatic carbocycles. The Morgan fingerprint density at radius 2 is 1.92 bits per heavy atom. The number of halogens is 3. The second-order valence-corrected chi connectivity index (χ2v) is 7.17. The van der Waals surface area contributed by atoms with Gasteiger partial charge in [-0.3, -0.25) is 4.99 Å². The number of nitrogens with two attached hydrogens (primary N) is 1. The number of aliphatic imine (C=N–C) groups is 1. The van der Waals surface area contributed by atoms with Gasteiger partial charge in [0.15, 0.2) is 6.61 Å². The maximum atomic E-state index is 12.1. The van der Waals surface area contributed by atoms with Crippen molar-refractivity contribution in [2.24, 2.45) is 10.7 Å². The Hall–Kier alpha value is -2.09. The number of pyridine rings is 1. The van der Waals surface area contributed by atoms with Gasteiger partial charge in [-0.15, -0.1) is 0 Å². The van der Waals surface area contributed by atoms with E-state index in [1.165, 1.54) is 6.20 Å². The SMILES string of the molecule is CC(C)(C)N.Cc1cc(C(C)N2C=CC=NC2)cnc1OCC(F)(F)F. The maximum absolute atomic E-state index is 12.1. The van der Waals surface area contributed by atoms with Crippen molar-refractivity contribution in [3.63, 3.8) is 0 Å². The molecule has 0 fully saturated rings. The fourth-order valence-corrected chi connectivity index (χ4v) is 1.96. The van der Waals surface area contributed by atoms with Gasteiger partial charge in [-0.1, -0.05) is 0 Å². The molecule has 8 heteroatoms. The van der Waals surface area contributed by atoms with E-state index in [2.05, 4.69) is 9.98 Å². The average Bonchev–Trinajstić information content (AvgIpc) is 2.51. The fraction of sp³-hybridized carbons (Fsp3) is 0.556. The molecule has 0 bridgehead atoms. The minimum Gasteiger partial charge on any atom is -0.468 e. The molecule has 2 heterocycles. The molecule has 0 saturated carbocycles. The van der Waals surface area contributed by atoms with E-state index in [0.29, 0.717) is 12.2 Å². The van der Waals surface area contributed by atoms with E-state index in [1.54, 1.807) is 19.2 Å². The van der Waals surface area contributed by atoms with Gasteiger partial charge < -0.3 is 15.4 Å². The predicted molar refractivity (Wildman–Crippen MR) is 97.2 cm³/mol. The number of rotatable bonds is 4. The van der Waals surface area contributed by atoms with E-state index < -0.39 is 12.8 Å². The molecule has 2 N–H and O–H groups in total. The van der Waals surface area contributed by atoms with Crippen LogP contribution in [0.25, 0.3) is 0 Å². The summed E-state index contributed by atoms with van der Waals surface area (Å²) in [5, 5.41) is 0. The average molecular weight is 372 g/mol. The van der Waals surface area contributed by atoms with Gasteiger partial charge in [0.1, 0.15) is 6.67 Å². The van der Waals surface area contributed by atoms with Crippen molar-refractivity contribution in [1.82, 2.24) is 9.88 Å². The van der Waals surface area contributed by atoms with Gasteiger partial charge in [0.25, 0.3) is 0 Å².